The monoisotopic (exact) mass is 262 g/mol. The fourth-order valence-corrected chi connectivity index (χ4v) is 2.31. The van der Waals surface area contributed by atoms with E-state index < -0.39 is 0 Å². The first-order valence-corrected chi connectivity index (χ1v) is 6.39. The van der Waals surface area contributed by atoms with Crippen molar-refractivity contribution in [1.82, 2.24) is 9.38 Å². The van der Waals surface area contributed by atoms with Crippen molar-refractivity contribution in [3.05, 3.63) is 53.9 Å². The van der Waals surface area contributed by atoms with Gasteiger partial charge in [-0.05, 0) is 36.8 Å². The van der Waals surface area contributed by atoms with Gasteiger partial charge in [-0.1, -0.05) is 12.1 Å². The number of nitrogens with two attached hydrogens (primary N) is 1. The molecule has 4 nitrogen and oxygen atoms in total. The third-order valence-electron chi connectivity index (χ3n) is 3.31. The molecule has 0 unspecified atom stereocenters. The van der Waals surface area contributed by atoms with Gasteiger partial charge in [0.1, 0.15) is 5.65 Å². The second-order valence-corrected chi connectivity index (χ2v) is 4.80. The van der Waals surface area contributed by atoms with E-state index in [0.717, 1.165) is 33.8 Å². The Morgan fingerprint density at radius 1 is 1.25 bits per heavy atom. The first-order chi connectivity index (χ1) is 9.69. The summed E-state index contributed by atoms with van der Waals surface area (Å²) < 4.78 is 1.97. The van der Waals surface area contributed by atoms with Crippen molar-refractivity contribution in [3.8, 4) is 17.3 Å². The van der Waals surface area contributed by atoms with Gasteiger partial charge in [0.15, 0.2) is 0 Å². The van der Waals surface area contributed by atoms with Gasteiger partial charge in [0.05, 0.1) is 23.9 Å². The second-order valence-electron chi connectivity index (χ2n) is 4.80. The van der Waals surface area contributed by atoms with Crippen molar-refractivity contribution in [1.29, 1.82) is 5.26 Å². The van der Waals surface area contributed by atoms with Crippen LogP contribution in [0.25, 0.3) is 16.9 Å². The average molecular weight is 262 g/mol. The van der Waals surface area contributed by atoms with Gasteiger partial charge in [0, 0.05) is 17.4 Å². The molecule has 4 heteroatoms. The van der Waals surface area contributed by atoms with Gasteiger partial charge < -0.3 is 10.1 Å². The highest BCUT2D eigenvalue weighted by atomic mass is 15.0. The van der Waals surface area contributed by atoms with Crippen LogP contribution in [0.2, 0.25) is 0 Å². The van der Waals surface area contributed by atoms with E-state index in [1.807, 2.05) is 53.9 Å². The molecular weight excluding hydrogens is 248 g/mol. The van der Waals surface area contributed by atoms with Crippen LogP contribution in [-0.4, -0.2) is 9.38 Å². The first kappa shape index (κ1) is 12.2. The zero-order chi connectivity index (χ0) is 14.1. The van der Waals surface area contributed by atoms with Gasteiger partial charge in [-0.25, -0.2) is 4.98 Å². The molecule has 2 heterocycles. The fraction of sp³-hybridized carbons (Fsp3) is 0.125. The van der Waals surface area contributed by atoms with Crippen LogP contribution in [0.4, 0.5) is 5.69 Å². The van der Waals surface area contributed by atoms with E-state index in [9.17, 15) is 0 Å². The van der Waals surface area contributed by atoms with Gasteiger partial charge in [-0.2, -0.15) is 5.26 Å². The molecule has 0 fully saturated rings. The number of nitrogens with zero attached hydrogens (tertiary/aromatic N) is 3. The molecule has 0 atom stereocenters. The molecule has 0 saturated carbocycles. The number of nitrogen functional groups attached to an aromatic ring is 1. The molecule has 0 aliphatic heterocycles. The van der Waals surface area contributed by atoms with E-state index in [0.29, 0.717) is 6.42 Å². The summed E-state index contributed by atoms with van der Waals surface area (Å²) in [6, 6.07) is 13.8. The lowest BCUT2D eigenvalue weighted by atomic mass is 10.1. The quantitative estimate of drug-likeness (QED) is 0.722. The van der Waals surface area contributed by atoms with Crippen molar-refractivity contribution in [2.24, 2.45) is 0 Å². The SMILES string of the molecule is Cc1ccn2c(CC#N)c(-c3ccc(N)cc3)nc2c1. The zero-order valence-electron chi connectivity index (χ0n) is 11.2. The topological polar surface area (TPSA) is 67.1 Å². The first-order valence-electron chi connectivity index (χ1n) is 6.39. The molecule has 0 aliphatic carbocycles. The molecule has 3 rings (SSSR count). The number of hydrogen-bond donors (Lipinski definition) is 1. The van der Waals surface area contributed by atoms with E-state index >= 15 is 0 Å². The van der Waals surface area contributed by atoms with Crippen molar-refractivity contribution in [2.45, 2.75) is 13.3 Å². The summed E-state index contributed by atoms with van der Waals surface area (Å²) in [7, 11) is 0. The number of fused-ring (bicyclic) bond motifs is 1. The normalized spacial score (nSPS) is 10.6. The molecule has 0 bridgehead atoms. The molecule has 0 spiro atoms. The number of aryl methyl sites for hydroxylation is 1. The summed E-state index contributed by atoms with van der Waals surface area (Å²) in [5, 5.41) is 9.06. The minimum atomic E-state index is 0.323. The molecule has 1 aromatic carbocycles. The van der Waals surface area contributed by atoms with Crippen molar-refractivity contribution < 1.29 is 0 Å². The maximum atomic E-state index is 9.06. The molecule has 0 aliphatic rings. The van der Waals surface area contributed by atoms with E-state index in [1.54, 1.807) is 0 Å². The van der Waals surface area contributed by atoms with Gasteiger partial charge in [0.2, 0.25) is 0 Å². The number of hydrogen-bond acceptors (Lipinski definition) is 3. The Bertz CT molecular complexity index is 807. The predicted molar refractivity (Wildman–Crippen MR) is 79.1 cm³/mol. The van der Waals surface area contributed by atoms with E-state index in [2.05, 4.69) is 11.1 Å². The Balaban J connectivity index is 2.26. The Morgan fingerprint density at radius 3 is 2.70 bits per heavy atom. The summed E-state index contributed by atoms with van der Waals surface area (Å²) in [6.45, 7) is 2.03. The van der Waals surface area contributed by atoms with Crippen LogP contribution in [0.5, 0.6) is 0 Å². The van der Waals surface area contributed by atoms with Crippen LogP contribution in [0, 0.1) is 18.3 Å². The summed E-state index contributed by atoms with van der Waals surface area (Å²) in [5.41, 5.74) is 11.2. The number of aromatic nitrogens is 2. The highest BCUT2D eigenvalue weighted by Crippen LogP contribution is 2.26. The molecule has 2 aromatic heterocycles. The molecule has 2 N–H and O–H groups in total. The number of imidazole rings is 1. The third-order valence-corrected chi connectivity index (χ3v) is 3.31. The second kappa shape index (κ2) is 4.71. The summed E-state index contributed by atoms with van der Waals surface area (Å²) in [6.07, 6.45) is 2.29. The minimum absolute atomic E-state index is 0.323. The number of rotatable bonds is 2. The number of benzene rings is 1. The fourth-order valence-electron chi connectivity index (χ4n) is 2.31. The molecule has 0 radical (unpaired) electrons. The van der Waals surface area contributed by atoms with Crippen LogP contribution in [0.3, 0.4) is 0 Å². The van der Waals surface area contributed by atoms with Gasteiger partial charge in [-0.15, -0.1) is 0 Å². The number of pyridine rings is 1. The minimum Gasteiger partial charge on any atom is -0.399 e. The molecule has 0 saturated heterocycles. The van der Waals surface area contributed by atoms with E-state index in [1.165, 1.54) is 0 Å². The smallest absolute Gasteiger partial charge is 0.137 e. The Hall–Kier alpha value is -2.80. The molecule has 20 heavy (non-hydrogen) atoms. The van der Waals surface area contributed by atoms with Gasteiger partial charge in [0.25, 0.3) is 0 Å². The maximum Gasteiger partial charge on any atom is 0.137 e. The maximum absolute atomic E-state index is 9.06. The number of anilines is 1. The van der Waals surface area contributed by atoms with Gasteiger partial charge >= 0.3 is 0 Å². The van der Waals surface area contributed by atoms with E-state index in [-0.39, 0.29) is 0 Å². The van der Waals surface area contributed by atoms with Crippen molar-refractivity contribution >= 4 is 11.3 Å². The lowest BCUT2D eigenvalue weighted by Gasteiger charge is -2.02. The van der Waals surface area contributed by atoms with Crippen LogP contribution >= 0.6 is 0 Å². The van der Waals surface area contributed by atoms with Crippen LogP contribution in [0.15, 0.2) is 42.6 Å². The van der Waals surface area contributed by atoms with Crippen molar-refractivity contribution in [2.75, 3.05) is 5.73 Å². The Morgan fingerprint density at radius 2 is 2.00 bits per heavy atom. The molecular formula is C16H14N4. The zero-order valence-corrected chi connectivity index (χ0v) is 11.2. The van der Waals surface area contributed by atoms with Crippen LogP contribution in [0.1, 0.15) is 11.3 Å². The van der Waals surface area contributed by atoms with Crippen molar-refractivity contribution in [3.63, 3.8) is 0 Å². The average Bonchev–Trinajstić information content (AvgIpc) is 2.78. The lowest BCUT2D eigenvalue weighted by Crippen LogP contribution is -1.93. The van der Waals surface area contributed by atoms with Crippen LogP contribution in [-0.2, 0) is 6.42 Å². The molecule has 0 amide bonds. The standard InChI is InChI=1S/C16H14N4/c1-11-7-9-20-14(6-8-17)16(19-15(20)10-11)12-2-4-13(18)5-3-12/h2-5,7,9-10H,6,18H2,1H3. The number of nitriles is 1. The third kappa shape index (κ3) is 1.99. The van der Waals surface area contributed by atoms with E-state index in [4.69, 9.17) is 11.0 Å². The predicted octanol–water partition coefficient (Wildman–Crippen LogP) is 2.96. The molecule has 98 valence electrons. The summed E-state index contributed by atoms with van der Waals surface area (Å²) in [4.78, 5) is 4.66. The highest BCUT2D eigenvalue weighted by Gasteiger charge is 2.13. The Kier molecular flexibility index (Phi) is 2.88. The van der Waals surface area contributed by atoms with Crippen LogP contribution < -0.4 is 5.73 Å². The summed E-state index contributed by atoms with van der Waals surface area (Å²) >= 11 is 0. The largest absolute Gasteiger partial charge is 0.399 e. The lowest BCUT2D eigenvalue weighted by molar-refractivity contribution is 1.05. The van der Waals surface area contributed by atoms with Gasteiger partial charge in [-0.3, -0.25) is 0 Å². The highest BCUT2D eigenvalue weighted by molar-refractivity contribution is 5.68. The summed E-state index contributed by atoms with van der Waals surface area (Å²) in [5.74, 6) is 0. The Labute approximate surface area is 117 Å². The molecule has 3 aromatic rings.